The van der Waals surface area contributed by atoms with E-state index in [9.17, 15) is 18.0 Å². The second-order valence-corrected chi connectivity index (χ2v) is 10.7. The number of esters is 1. The van der Waals surface area contributed by atoms with Gasteiger partial charge in [-0.1, -0.05) is 17.4 Å². The number of nitrogens with zero attached hydrogens (tertiary/aromatic N) is 2. The van der Waals surface area contributed by atoms with Crippen molar-refractivity contribution in [2.75, 3.05) is 21.3 Å². The van der Waals surface area contributed by atoms with Crippen molar-refractivity contribution in [1.29, 1.82) is 0 Å². The summed E-state index contributed by atoms with van der Waals surface area (Å²) in [5.74, 6) is -0.212. The van der Waals surface area contributed by atoms with Crippen molar-refractivity contribution in [1.82, 2.24) is 4.57 Å². The van der Waals surface area contributed by atoms with Crippen LogP contribution >= 0.6 is 11.3 Å². The summed E-state index contributed by atoms with van der Waals surface area (Å²) in [6.45, 7) is 2.93. The highest BCUT2D eigenvalue weighted by Crippen LogP contribution is 2.35. The van der Waals surface area contributed by atoms with Gasteiger partial charge in [-0.05, 0) is 44.2 Å². The molecule has 1 aromatic heterocycles. The molecule has 1 amide bonds. The lowest BCUT2D eigenvalue weighted by atomic mass is 10.2. The summed E-state index contributed by atoms with van der Waals surface area (Å²) in [5, 5.41) is -0.635. The molecule has 0 spiro atoms. The molecule has 0 bridgehead atoms. The zero-order valence-corrected chi connectivity index (χ0v) is 20.5. The molecule has 0 atom stereocenters. The molecule has 2 aromatic carbocycles. The average molecular weight is 493 g/mol. The number of carbonyl (C=O) groups is 2. The lowest BCUT2D eigenvalue weighted by Gasteiger charge is -2.09. The second-order valence-electron chi connectivity index (χ2n) is 7.23. The molecule has 176 valence electrons. The van der Waals surface area contributed by atoms with Crippen LogP contribution in [0.2, 0.25) is 0 Å². The molecule has 0 N–H and O–H groups in total. The molecule has 0 aliphatic rings. The molecule has 3 rings (SSSR count). The molecule has 33 heavy (non-hydrogen) atoms. The highest BCUT2D eigenvalue weighted by atomic mass is 32.2. The summed E-state index contributed by atoms with van der Waals surface area (Å²) in [6.07, 6.45) is 0. The van der Waals surface area contributed by atoms with E-state index in [1.54, 1.807) is 26.0 Å². The molecule has 0 aliphatic carbocycles. The van der Waals surface area contributed by atoms with E-state index in [4.69, 9.17) is 14.2 Å². The molecule has 0 fully saturated rings. The number of thiazole rings is 1. The number of benzene rings is 2. The van der Waals surface area contributed by atoms with Crippen LogP contribution < -0.4 is 14.3 Å². The van der Waals surface area contributed by atoms with E-state index < -0.39 is 27.0 Å². The Morgan fingerprint density at radius 3 is 2.33 bits per heavy atom. The third-order valence-electron chi connectivity index (χ3n) is 4.93. The topological polar surface area (TPSA) is 113 Å². The number of sulfone groups is 1. The number of ether oxygens (including phenoxy) is 3. The Labute approximate surface area is 195 Å². The first-order chi connectivity index (χ1) is 15.6. The fraction of sp³-hybridized carbons (Fsp3) is 0.318. The molecule has 0 saturated heterocycles. The first-order valence-corrected chi connectivity index (χ1v) is 12.2. The lowest BCUT2D eigenvalue weighted by Crippen LogP contribution is -2.22. The Morgan fingerprint density at radius 1 is 1.06 bits per heavy atom. The maximum Gasteiger partial charge on any atom is 0.325 e. The molecule has 0 radical (unpaired) electrons. The number of amides is 1. The minimum Gasteiger partial charge on any atom is -0.495 e. The summed E-state index contributed by atoms with van der Waals surface area (Å²) in [4.78, 5) is 29.6. The van der Waals surface area contributed by atoms with Gasteiger partial charge in [-0.3, -0.25) is 9.59 Å². The maximum absolute atomic E-state index is 13.0. The normalized spacial score (nSPS) is 12.2. The van der Waals surface area contributed by atoms with Crippen LogP contribution in [-0.2, 0) is 25.9 Å². The van der Waals surface area contributed by atoms with Crippen LogP contribution in [0.15, 0.2) is 46.3 Å². The highest BCUT2D eigenvalue weighted by molar-refractivity contribution is 7.92. The number of carbonyl (C=O) groups excluding carboxylic acids is 2. The summed E-state index contributed by atoms with van der Waals surface area (Å²) in [7, 11) is 0.698. The first kappa shape index (κ1) is 24.5. The highest BCUT2D eigenvalue weighted by Gasteiger charge is 2.22. The van der Waals surface area contributed by atoms with Crippen molar-refractivity contribution < 1.29 is 32.2 Å². The predicted octanol–water partition coefficient (Wildman–Crippen LogP) is 2.82. The van der Waals surface area contributed by atoms with Crippen molar-refractivity contribution in [3.63, 3.8) is 0 Å². The Bertz CT molecular complexity index is 1390. The van der Waals surface area contributed by atoms with E-state index in [1.165, 1.54) is 50.2 Å². The van der Waals surface area contributed by atoms with E-state index >= 15 is 0 Å². The third kappa shape index (κ3) is 4.79. The molecule has 9 nitrogen and oxygen atoms in total. The van der Waals surface area contributed by atoms with Crippen LogP contribution in [0, 0.1) is 0 Å². The van der Waals surface area contributed by atoms with Crippen molar-refractivity contribution in [3.8, 4) is 11.5 Å². The summed E-state index contributed by atoms with van der Waals surface area (Å²) in [5.41, 5.74) is 0.632. The second kappa shape index (κ2) is 9.75. The van der Waals surface area contributed by atoms with Gasteiger partial charge in [0.15, 0.2) is 14.6 Å². The van der Waals surface area contributed by atoms with Crippen LogP contribution in [0.4, 0.5) is 0 Å². The van der Waals surface area contributed by atoms with Gasteiger partial charge in [0, 0.05) is 5.56 Å². The summed E-state index contributed by atoms with van der Waals surface area (Å²) < 4.78 is 42.8. The molecule has 11 heteroatoms. The molecule has 0 saturated carbocycles. The van der Waals surface area contributed by atoms with Crippen molar-refractivity contribution >= 4 is 43.3 Å². The maximum atomic E-state index is 13.0. The largest absolute Gasteiger partial charge is 0.495 e. The van der Waals surface area contributed by atoms with E-state index in [-0.39, 0.29) is 21.8 Å². The Hall–Kier alpha value is -3.18. The van der Waals surface area contributed by atoms with Gasteiger partial charge in [0.1, 0.15) is 28.3 Å². The van der Waals surface area contributed by atoms with Gasteiger partial charge in [0.05, 0.1) is 31.5 Å². The minimum atomic E-state index is -3.56. The fourth-order valence-corrected chi connectivity index (χ4v) is 5.35. The Balaban J connectivity index is 2.23. The van der Waals surface area contributed by atoms with Crippen LogP contribution in [0.3, 0.4) is 0 Å². The molecule has 0 unspecified atom stereocenters. The SMILES string of the molecule is COC(=O)Cn1c(=NC(=O)c2cccc(S(=O)(=O)C(C)C)c2)sc2c(OC)ccc(OC)c21. The van der Waals surface area contributed by atoms with E-state index in [0.717, 1.165) is 11.3 Å². The summed E-state index contributed by atoms with van der Waals surface area (Å²) in [6, 6.07) is 9.14. The molecule has 0 aliphatic heterocycles. The fourth-order valence-electron chi connectivity index (χ4n) is 3.11. The number of methoxy groups -OCH3 is 3. The van der Waals surface area contributed by atoms with Crippen molar-refractivity contribution in [2.45, 2.75) is 30.5 Å². The smallest absolute Gasteiger partial charge is 0.325 e. The first-order valence-electron chi connectivity index (χ1n) is 9.88. The van der Waals surface area contributed by atoms with Gasteiger partial charge in [0.2, 0.25) is 0 Å². The quantitative estimate of drug-likeness (QED) is 0.466. The van der Waals surface area contributed by atoms with Gasteiger partial charge in [-0.2, -0.15) is 4.99 Å². The Kier molecular flexibility index (Phi) is 7.23. The monoisotopic (exact) mass is 492 g/mol. The number of hydrogen-bond donors (Lipinski definition) is 0. The molecular formula is C22H24N2O7S2. The van der Waals surface area contributed by atoms with Gasteiger partial charge in [0.25, 0.3) is 5.91 Å². The summed E-state index contributed by atoms with van der Waals surface area (Å²) >= 11 is 1.14. The zero-order chi connectivity index (χ0) is 24.3. The van der Waals surface area contributed by atoms with Crippen LogP contribution in [0.25, 0.3) is 10.2 Å². The van der Waals surface area contributed by atoms with Crippen LogP contribution in [-0.4, -0.2) is 51.4 Å². The lowest BCUT2D eigenvalue weighted by molar-refractivity contribution is -0.141. The van der Waals surface area contributed by atoms with Gasteiger partial charge < -0.3 is 18.8 Å². The van der Waals surface area contributed by atoms with Gasteiger partial charge >= 0.3 is 5.97 Å². The standard InChI is InChI=1S/C22H24N2O7S2/c1-13(2)33(27,28)15-8-6-7-14(11-15)21(26)23-22-24(12-18(25)31-5)19-16(29-3)9-10-17(30-4)20(19)32-22/h6-11,13H,12H2,1-5H3. The zero-order valence-electron chi connectivity index (χ0n) is 18.8. The number of aromatic nitrogens is 1. The predicted molar refractivity (Wildman–Crippen MR) is 124 cm³/mol. The van der Waals surface area contributed by atoms with E-state index in [1.807, 2.05) is 0 Å². The van der Waals surface area contributed by atoms with Crippen molar-refractivity contribution in [2.24, 2.45) is 4.99 Å². The van der Waals surface area contributed by atoms with E-state index in [0.29, 0.717) is 21.7 Å². The Morgan fingerprint density at radius 2 is 1.73 bits per heavy atom. The molecule has 1 heterocycles. The minimum absolute atomic E-state index is 0.0423. The van der Waals surface area contributed by atoms with Crippen LogP contribution in [0.1, 0.15) is 24.2 Å². The number of rotatable bonds is 7. The number of fused-ring (bicyclic) bond motifs is 1. The van der Waals surface area contributed by atoms with Crippen LogP contribution in [0.5, 0.6) is 11.5 Å². The average Bonchev–Trinajstić information content (AvgIpc) is 3.15. The number of hydrogen-bond acceptors (Lipinski definition) is 8. The van der Waals surface area contributed by atoms with E-state index in [2.05, 4.69) is 4.99 Å². The third-order valence-corrected chi connectivity index (χ3v) is 8.18. The molecular weight excluding hydrogens is 468 g/mol. The molecule has 3 aromatic rings. The van der Waals surface area contributed by atoms with Gasteiger partial charge in [-0.25, -0.2) is 8.42 Å². The van der Waals surface area contributed by atoms with Gasteiger partial charge in [-0.15, -0.1) is 0 Å². The van der Waals surface area contributed by atoms with Crippen molar-refractivity contribution in [3.05, 3.63) is 46.8 Å².